The van der Waals surface area contributed by atoms with Crippen molar-refractivity contribution >= 4 is 17.5 Å². The van der Waals surface area contributed by atoms with Gasteiger partial charge in [0.05, 0.1) is 6.04 Å². The topological polar surface area (TPSA) is 32.3 Å². The van der Waals surface area contributed by atoms with E-state index in [0.29, 0.717) is 23.6 Å². The molecular formula is C20H24ClFN2O. The van der Waals surface area contributed by atoms with Crippen molar-refractivity contribution in [1.29, 1.82) is 0 Å². The summed E-state index contributed by atoms with van der Waals surface area (Å²) >= 11 is 6.07. The van der Waals surface area contributed by atoms with Crippen LogP contribution < -0.4 is 5.32 Å². The SMILES string of the molecule is CC(Cc1ccccc1F)C(=O)NCC(c1cccc(Cl)c1)N(C)C. The van der Waals surface area contributed by atoms with E-state index in [9.17, 15) is 9.18 Å². The van der Waals surface area contributed by atoms with Crippen molar-refractivity contribution < 1.29 is 9.18 Å². The Morgan fingerprint density at radius 3 is 2.56 bits per heavy atom. The van der Waals surface area contributed by atoms with Crippen molar-refractivity contribution in [2.45, 2.75) is 19.4 Å². The van der Waals surface area contributed by atoms with Gasteiger partial charge in [-0.1, -0.05) is 48.9 Å². The average Bonchev–Trinajstić information content (AvgIpc) is 2.56. The highest BCUT2D eigenvalue weighted by Crippen LogP contribution is 2.21. The second-order valence-electron chi connectivity index (χ2n) is 6.48. The van der Waals surface area contributed by atoms with Gasteiger partial charge in [0, 0.05) is 17.5 Å². The Bertz CT molecular complexity index is 720. The molecule has 5 heteroatoms. The number of hydrogen-bond donors (Lipinski definition) is 1. The molecule has 0 spiro atoms. The van der Waals surface area contributed by atoms with Gasteiger partial charge < -0.3 is 10.2 Å². The second-order valence-corrected chi connectivity index (χ2v) is 6.91. The number of halogens is 2. The van der Waals surface area contributed by atoms with E-state index in [-0.39, 0.29) is 23.7 Å². The molecule has 1 amide bonds. The molecule has 0 saturated heterocycles. The molecule has 25 heavy (non-hydrogen) atoms. The van der Waals surface area contributed by atoms with Crippen LogP contribution in [0.3, 0.4) is 0 Å². The van der Waals surface area contributed by atoms with Gasteiger partial charge in [-0.2, -0.15) is 0 Å². The van der Waals surface area contributed by atoms with E-state index in [2.05, 4.69) is 5.32 Å². The molecule has 134 valence electrons. The minimum atomic E-state index is -0.306. The van der Waals surface area contributed by atoms with Crippen molar-refractivity contribution in [1.82, 2.24) is 10.2 Å². The molecule has 0 aliphatic carbocycles. The van der Waals surface area contributed by atoms with Crippen molar-refractivity contribution in [3.63, 3.8) is 0 Å². The Morgan fingerprint density at radius 1 is 1.20 bits per heavy atom. The number of amides is 1. The Hall–Kier alpha value is -1.91. The van der Waals surface area contributed by atoms with Crippen molar-refractivity contribution in [2.75, 3.05) is 20.6 Å². The third-order valence-corrected chi connectivity index (χ3v) is 4.49. The van der Waals surface area contributed by atoms with Crippen LogP contribution in [0.1, 0.15) is 24.1 Å². The van der Waals surface area contributed by atoms with E-state index in [1.165, 1.54) is 6.07 Å². The molecule has 2 aromatic rings. The second kappa shape index (κ2) is 8.97. The third-order valence-electron chi connectivity index (χ3n) is 4.26. The summed E-state index contributed by atoms with van der Waals surface area (Å²) < 4.78 is 13.7. The summed E-state index contributed by atoms with van der Waals surface area (Å²) in [7, 11) is 3.92. The quantitative estimate of drug-likeness (QED) is 0.805. The molecular weight excluding hydrogens is 339 g/mol. The summed E-state index contributed by atoms with van der Waals surface area (Å²) in [4.78, 5) is 14.4. The lowest BCUT2D eigenvalue weighted by molar-refractivity contribution is -0.124. The van der Waals surface area contributed by atoms with E-state index in [0.717, 1.165) is 5.56 Å². The van der Waals surface area contributed by atoms with Crippen LogP contribution in [0.4, 0.5) is 4.39 Å². The molecule has 0 aromatic heterocycles. The average molecular weight is 363 g/mol. The Kier molecular flexibility index (Phi) is 6.97. The molecule has 0 radical (unpaired) electrons. The normalized spacial score (nSPS) is 13.5. The lowest BCUT2D eigenvalue weighted by atomic mass is 9.99. The van der Waals surface area contributed by atoms with E-state index in [1.54, 1.807) is 18.2 Å². The van der Waals surface area contributed by atoms with Crippen LogP contribution in [0.2, 0.25) is 5.02 Å². The monoisotopic (exact) mass is 362 g/mol. The fourth-order valence-electron chi connectivity index (χ4n) is 2.77. The molecule has 2 unspecified atom stereocenters. The zero-order valence-corrected chi connectivity index (χ0v) is 15.6. The van der Waals surface area contributed by atoms with Crippen molar-refractivity contribution in [3.8, 4) is 0 Å². The van der Waals surface area contributed by atoms with Crippen LogP contribution in [-0.4, -0.2) is 31.4 Å². The van der Waals surface area contributed by atoms with Crippen molar-refractivity contribution in [2.24, 2.45) is 5.92 Å². The molecule has 0 heterocycles. The van der Waals surface area contributed by atoms with Gasteiger partial charge in [-0.15, -0.1) is 0 Å². The van der Waals surface area contributed by atoms with Gasteiger partial charge in [-0.3, -0.25) is 4.79 Å². The molecule has 0 aliphatic rings. The lowest BCUT2D eigenvalue weighted by Crippen LogP contribution is -2.37. The van der Waals surface area contributed by atoms with E-state index in [1.807, 2.05) is 50.2 Å². The predicted octanol–water partition coefficient (Wildman–Crippen LogP) is 4.08. The minimum absolute atomic E-state index is 0.0170. The fraction of sp³-hybridized carbons (Fsp3) is 0.350. The molecule has 1 N–H and O–H groups in total. The molecule has 0 fully saturated rings. The number of rotatable bonds is 7. The summed E-state index contributed by atoms with van der Waals surface area (Å²) in [5.74, 6) is -0.663. The van der Waals surface area contributed by atoms with Crippen LogP contribution in [0.15, 0.2) is 48.5 Å². The van der Waals surface area contributed by atoms with Crippen LogP contribution >= 0.6 is 11.6 Å². The largest absolute Gasteiger partial charge is 0.354 e. The fourth-order valence-corrected chi connectivity index (χ4v) is 2.97. The van der Waals surface area contributed by atoms with Crippen molar-refractivity contribution in [3.05, 3.63) is 70.5 Å². The third kappa shape index (κ3) is 5.55. The first-order valence-corrected chi connectivity index (χ1v) is 8.69. The number of likely N-dealkylation sites (N-methyl/N-ethyl adjacent to an activating group) is 1. The molecule has 0 saturated carbocycles. The minimum Gasteiger partial charge on any atom is -0.354 e. The summed E-state index contributed by atoms with van der Waals surface area (Å²) in [5, 5.41) is 3.65. The van der Waals surface area contributed by atoms with Gasteiger partial charge in [-0.25, -0.2) is 4.39 Å². The van der Waals surface area contributed by atoms with Gasteiger partial charge in [0.25, 0.3) is 0 Å². The van der Waals surface area contributed by atoms with Gasteiger partial charge in [0.1, 0.15) is 5.82 Å². The predicted molar refractivity (Wildman–Crippen MR) is 100 cm³/mol. The number of nitrogens with one attached hydrogen (secondary N) is 1. The number of benzene rings is 2. The molecule has 2 atom stereocenters. The highest BCUT2D eigenvalue weighted by atomic mass is 35.5. The molecule has 2 aromatic carbocycles. The molecule has 0 aliphatic heterocycles. The van der Waals surface area contributed by atoms with Gasteiger partial charge in [0.15, 0.2) is 0 Å². The summed E-state index contributed by atoms with van der Waals surface area (Å²) in [6.07, 6.45) is 0.377. The first kappa shape index (κ1) is 19.4. The van der Waals surface area contributed by atoms with Crippen LogP contribution in [0.5, 0.6) is 0 Å². The Morgan fingerprint density at radius 2 is 1.92 bits per heavy atom. The van der Waals surface area contributed by atoms with E-state index in [4.69, 9.17) is 11.6 Å². The number of hydrogen-bond acceptors (Lipinski definition) is 2. The zero-order valence-electron chi connectivity index (χ0n) is 14.8. The highest BCUT2D eigenvalue weighted by molar-refractivity contribution is 6.30. The summed E-state index contributed by atoms with van der Waals surface area (Å²) in [6.45, 7) is 2.28. The zero-order chi connectivity index (χ0) is 18.4. The highest BCUT2D eigenvalue weighted by Gasteiger charge is 2.19. The summed E-state index contributed by atoms with van der Waals surface area (Å²) in [6, 6.07) is 14.2. The standard InChI is InChI=1S/C20H24ClFN2O/c1-14(11-15-7-4-5-10-18(15)22)20(25)23-13-19(24(2)3)16-8-6-9-17(21)12-16/h4-10,12,14,19H,11,13H2,1-3H3,(H,23,25). The maximum Gasteiger partial charge on any atom is 0.223 e. The van der Waals surface area contributed by atoms with Crippen LogP contribution in [0, 0.1) is 11.7 Å². The maximum absolute atomic E-state index is 13.7. The van der Waals surface area contributed by atoms with Gasteiger partial charge in [0.2, 0.25) is 5.91 Å². The van der Waals surface area contributed by atoms with Gasteiger partial charge in [-0.05, 0) is 49.8 Å². The Labute approximate surface area is 153 Å². The Balaban J connectivity index is 1.98. The van der Waals surface area contributed by atoms with E-state index >= 15 is 0 Å². The lowest BCUT2D eigenvalue weighted by Gasteiger charge is -2.26. The first-order chi connectivity index (χ1) is 11.9. The number of carbonyl (C=O) groups excluding carboxylic acids is 1. The smallest absolute Gasteiger partial charge is 0.223 e. The first-order valence-electron chi connectivity index (χ1n) is 8.31. The maximum atomic E-state index is 13.7. The number of nitrogens with zero attached hydrogens (tertiary/aromatic N) is 1. The van der Waals surface area contributed by atoms with Crippen LogP contribution in [0.25, 0.3) is 0 Å². The molecule has 0 bridgehead atoms. The summed E-state index contributed by atoms with van der Waals surface area (Å²) in [5.41, 5.74) is 1.60. The molecule has 3 nitrogen and oxygen atoms in total. The van der Waals surface area contributed by atoms with E-state index < -0.39 is 0 Å². The molecule has 2 rings (SSSR count). The number of carbonyl (C=O) groups is 1. The van der Waals surface area contributed by atoms with Gasteiger partial charge >= 0.3 is 0 Å². The van der Waals surface area contributed by atoms with Crippen LogP contribution in [-0.2, 0) is 11.2 Å².